The van der Waals surface area contributed by atoms with Gasteiger partial charge in [0, 0.05) is 13.6 Å². The summed E-state index contributed by atoms with van der Waals surface area (Å²) in [6.07, 6.45) is 1.23. The maximum atomic E-state index is 12.1. The zero-order chi connectivity index (χ0) is 13.8. The highest BCUT2D eigenvalue weighted by molar-refractivity contribution is 7.10. The van der Waals surface area contributed by atoms with E-state index in [0.29, 0.717) is 24.1 Å². The predicted molar refractivity (Wildman–Crippen MR) is 74.3 cm³/mol. The minimum Gasteiger partial charge on any atom is -0.388 e. The summed E-state index contributed by atoms with van der Waals surface area (Å²) in [6, 6.07) is 0. The summed E-state index contributed by atoms with van der Waals surface area (Å²) in [7, 11) is 1.76. The molecular formula is C12H21N3O2S. The van der Waals surface area contributed by atoms with Crippen LogP contribution in [0.1, 0.15) is 42.7 Å². The Balaban J connectivity index is 2.74. The van der Waals surface area contributed by atoms with Gasteiger partial charge in [0.2, 0.25) is 0 Å². The zero-order valence-corrected chi connectivity index (χ0v) is 12.1. The first-order chi connectivity index (χ1) is 8.47. The molecule has 0 aliphatic rings. The van der Waals surface area contributed by atoms with Gasteiger partial charge in [0.25, 0.3) is 5.91 Å². The van der Waals surface area contributed by atoms with E-state index < -0.39 is 5.60 Å². The van der Waals surface area contributed by atoms with Crippen LogP contribution in [0.4, 0.5) is 5.00 Å². The van der Waals surface area contributed by atoms with E-state index in [2.05, 4.69) is 15.0 Å². The van der Waals surface area contributed by atoms with Crippen LogP contribution in [0.25, 0.3) is 0 Å². The molecule has 5 nitrogen and oxygen atoms in total. The third kappa shape index (κ3) is 3.20. The van der Waals surface area contributed by atoms with E-state index in [9.17, 15) is 9.90 Å². The molecule has 1 amide bonds. The number of aryl methyl sites for hydroxylation is 1. The molecule has 102 valence electrons. The van der Waals surface area contributed by atoms with E-state index in [4.69, 9.17) is 0 Å². The highest BCUT2D eigenvalue weighted by atomic mass is 32.1. The first-order valence-corrected chi connectivity index (χ1v) is 6.89. The van der Waals surface area contributed by atoms with Gasteiger partial charge in [-0.1, -0.05) is 13.8 Å². The van der Waals surface area contributed by atoms with Crippen LogP contribution < -0.4 is 10.6 Å². The molecule has 0 atom stereocenters. The molecule has 0 aliphatic carbocycles. The number of aromatic nitrogens is 1. The third-order valence-electron chi connectivity index (χ3n) is 3.21. The fraction of sp³-hybridized carbons (Fsp3) is 0.667. The summed E-state index contributed by atoms with van der Waals surface area (Å²) in [6.45, 7) is 5.88. The molecule has 0 aliphatic heterocycles. The van der Waals surface area contributed by atoms with Gasteiger partial charge in [0.1, 0.15) is 5.00 Å². The first-order valence-electron chi connectivity index (χ1n) is 6.12. The van der Waals surface area contributed by atoms with Crippen LogP contribution in [-0.2, 0) is 0 Å². The summed E-state index contributed by atoms with van der Waals surface area (Å²) in [4.78, 5) is 12.1. The van der Waals surface area contributed by atoms with Crippen LogP contribution in [0.2, 0.25) is 0 Å². The minimum absolute atomic E-state index is 0.189. The van der Waals surface area contributed by atoms with Crippen LogP contribution in [-0.4, -0.2) is 34.6 Å². The Kier molecular flexibility index (Phi) is 5.10. The third-order valence-corrected chi connectivity index (χ3v) is 4.17. The van der Waals surface area contributed by atoms with Crippen molar-refractivity contribution in [1.29, 1.82) is 0 Å². The zero-order valence-electron chi connectivity index (χ0n) is 11.3. The Labute approximate surface area is 112 Å². The molecule has 0 aromatic carbocycles. The smallest absolute Gasteiger partial charge is 0.256 e. The fourth-order valence-electron chi connectivity index (χ4n) is 1.64. The van der Waals surface area contributed by atoms with E-state index >= 15 is 0 Å². The molecule has 0 spiro atoms. The Morgan fingerprint density at radius 3 is 2.56 bits per heavy atom. The highest BCUT2D eigenvalue weighted by Gasteiger charge is 2.25. The van der Waals surface area contributed by atoms with Crippen LogP contribution in [0.3, 0.4) is 0 Å². The standard InChI is InChI=1S/C12H21N3O2S/c1-5-12(17,6-2)7-14-10(16)9-8(3)15-18-11(9)13-4/h13,17H,5-7H2,1-4H3,(H,14,16). The quantitative estimate of drug-likeness (QED) is 0.737. The number of aliphatic hydroxyl groups is 1. The monoisotopic (exact) mass is 271 g/mol. The van der Waals surface area contributed by atoms with Crippen molar-refractivity contribution < 1.29 is 9.90 Å². The van der Waals surface area contributed by atoms with Gasteiger partial charge in [0.05, 0.1) is 16.9 Å². The molecule has 3 N–H and O–H groups in total. The van der Waals surface area contributed by atoms with Crippen LogP contribution in [0, 0.1) is 6.92 Å². The maximum Gasteiger partial charge on any atom is 0.256 e. The van der Waals surface area contributed by atoms with Crippen molar-refractivity contribution in [3.05, 3.63) is 11.3 Å². The summed E-state index contributed by atoms with van der Waals surface area (Å²) in [5.41, 5.74) is 0.447. The Hall–Kier alpha value is -1.14. The summed E-state index contributed by atoms with van der Waals surface area (Å²) >= 11 is 1.26. The number of hydrogen-bond donors (Lipinski definition) is 3. The van der Waals surface area contributed by atoms with Crippen molar-refractivity contribution >= 4 is 22.4 Å². The van der Waals surface area contributed by atoms with Crippen molar-refractivity contribution in [3.8, 4) is 0 Å². The van der Waals surface area contributed by atoms with Crippen molar-refractivity contribution in [2.24, 2.45) is 0 Å². The second kappa shape index (κ2) is 6.15. The van der Waals surface area contributed by atoms with E-state index in [1.807, 2.05) is 13.8 Å². The lowest BCUT2D eigenvalue weighted by Gasteiger charge is -2.25. The first kappa shape index (κ1) is 14.9. The van der Waals surface area contributed by atoms with Gasteiger partial charge in [-0.2, -0.15) is 4.37 Å². The number of rotatable bonds is 6. The minimum atomic E-state index is -0.827. The average Bonchev–Trinajstić information content (AvgIpc) is 2.76. The number of nitrogens with zero attached hydrogens (tertiary/aromatic N) is 1. The lowest BCUT2D eigenvalue weighted by atomic mass is 9.97. The van der Waals surface area contributed by atoms with Crippen molar-refractivity contribution in [2.75, 3.05) is 18.9 Å². The predicted octanol–water partition coefficient (Wildman–Crippen LogP) is 1.77. The second-order valence-electron chi connectivity index (χ2n) is 4.34. The summed E-state index contributed by atoms with van der Waals surface area (Å²) < 4.78 is 4.15. The van der Waals surface area contributed by atoms with E-state index in [1.54, 1.807) is 14.0 Å². The van der Waals surface area contributed by atoms with Crippen LogP contribution in [0.15, 0.2) is 0 Å². The lowest BCUT2D eigenvalue weighted by Crippen LogP contribution is -2.42. The van der Waals surface area contributed by atoms with Gasteiger partial charge >= 0.3 is 0 Å². The molecule has 6 heteroatoms. The molecule has 0 fully saturated rings. The molecule has 1 aromatic heterocycles. The molecular weight excluding hydrogens is 250 g/mol. The van der Waals surface area contributed by atoms with Gasteiger partial charge in [0.15, 0.2) is 0 Å². The van der Waals surface area contributed by atoms with Gasteiger partial charge in [-0.05, 0) is 31.3 Å². The Bertz CT molecular complexity index is 413. The molecule has 1 heterocycles. The van der Waals surface area contributed by atoms with E-state index in [0.717, 1.165) is 5.00 Å². The topological polar surface area (TPSA) is 74.2 Å². The molecule has 1 aromatic rings. The molecule has 0 radical (unpaired) electrons. The van der Waals surface area contributed by atoms with E-state index in [1.165, 1.54) is 11.5 Å². The molecule has 0 bridgehead atoms. The molecule has 0 saturated heterocycles. The van der Waals surface area contributed by atoms with Gasteiger partial charge in [-0.25, -0.2) is 0 Å². The normalized spacial score (nSPS) is 11.4. The highest BCUT2D eigenvalue weighted by Crippen LogP contribution is 2.24. The number of hydrogen-bond acceptors (Lipinski definition) is 5. The molecule has 18 heavy (non-hydrogen) atoms. The largest absolute Gasteiger partial charge is 0.388 e. The summed E-state index contributed by atoms with van der Waals surface area (Å²) in [5.74, 6) is -0.189. The SMILES string of the molecule is CCC(O)(CC)CNC(=O)c1c(C)nsc1NC. The average molecular weight is 271 g/mol. The van der Waals surface area contributed by atoms with Crippen molar-refractivity contribution in [1.82, 2.24) is 9.69 Å². The number of carbonyl (C=O) groups excluding carboxylic acids is 1. The van der Waals surface area contributed by atoms with Gasteiger partial charge < -0.3 is 15.7 Å². The van der Waals surface area contributed by atoms with Crippen molar-refractivity contribution in [2.45, 2.75) is 39.2 Å². The maximum absolute atomic E-state index is 12.1. The Morgan fingerprint density at radius 2 is 2.06 bits per heavy atom. The number of anilines is 1. The second-order valence-corrected chi connectivity index (χ2v) is 5.11. The lowest BCUT2D eigenvalue weighted by molar-refractivity contribution is 0.0314. The van der Waals surface area contributed by atoms with Crippen LogP contribution >= 0.6 is 11.5 Å². The number of carbonyl (C=O) groups is 1. The van der Waals surface area contributed by atoms with Gasteiger partial charge in [-0.15, -0.1) is 0 Å². The van der Waals surface area contributed by atoms with Crippen molar-refractivity contribution in [3.63, 3.8) is 0 Å². The summed E-state index contributed by atoms with van der Waals surface area (Å²) in [5, 5.41) is 16.6. The molecule has 1 rings (SSSR count). The Morgan fingerprint density at radius 1 is 1.44 bits per heavy atom. The van der Waals surface area contributed by atoms with Crippen LogP contribution in [0.5, 0.6) is 0 Å². The van der Waals surface area contributed by atoms with Gasteiger partial charge in [-0.3, -0.25) is 4.79 Å². The molecule has 0 unspecified atom stereocenters. The number of amides is 1. The van der Waals surface area contributed by atoms with E-state index in [-0.39, 0.29) is 12.5 Å². The fourth-order valence-corrected chi connectivity index (χ4v) is 2.38. The molecule has 0 saturated carbocycles. The number of nitrogens with one attached hydrogen (secondary N) is 2.